The number of carbonyl (C=O) groups is 1. The van der Waals surface area contributed by atoms with Gasteiger partial charge in [-0.25, -0.2) is 4.98 Å². The predicted molar refractivity (Wildman–Crippen MR) is 84.5 cm³/mol. The first kappa shape index (κ1) is 15.2. The summed E-state index contributed by atoms with van der Waals surface area (Å²) in [6.45, 7) is 1.86. The van der Waals surface area contributed by atoms with Gasteiger partial charge in [0, 0.05) is 25.8 Å². The zero-order valence-corrected chi connectivity index (χ0v) is 12.8. The molecule has 1 aromatic carbocycles. The molecule has 1 unspecified atom stereocenters. The van der Waals surface area contributed by atoms with Gasteiger partial charge in [-0.05, 0) is 17.7 Å². The van der Waals surface area contributed by atoms with E-state index in [1.54, 1.807) is 12.0 Å². The van der Waals surface area contributed by atoms with Crippen LogP contribution in [-0.2, 0) is 0 Å². The molecule has 0 spiro atoms. The van der Waals surface area contributed by atoms with E-state index in [2.05, 4.69) is 15.3 Å². The zero-order valence-electron chi connectivity index (χ0n) is 12.8. The van der Waals surface area contributed by atoms with Crippen molar-refractivity contribution in [3.05, 3.63) is 58.3 Å². The van der Waals surface area contributed by atoms with Gasteiger partial charge in [0.15, 0.2) is 0 Å². The molecule has 1 aromatic heterocycles. The van der Waals surface area contributed by atoms with Crippen molar-refractivity contribution in [2.75, 3.05) is 26.7 Å². The number of H-pyrrole nitrogens is 1. The fourth-order valence-corrected chi connectivity index (χ4v) is 2.72. The molecule has 0 saturated carbocycles. The zero-order chi connectivity index (χ0) is 16.2. The second-order valence-electron chi connectivity index (χ2n) is 5.29. The Morgan fingerprint density at radius 1 is 1.35 bits per heavy atom. The number of ether oxygens (including phenoxy) is 1. The number of nitrogens with one attached hydrogen (secondary N) is 2. The van der Waals surface area contributed by atoms with E-state index >= 15 is 0 Å². The molecular formula is C16H18N4O3. The largest absolute Gasteiger partial charge is 0.497 e. The lowest BCUT2D eigenvalue weighted by Crippen LogP contribution is -2.49. The van der Waals surface area contributed by atoms with Crippen LogP contribution in [0.5, 0.6) is 5.75 Å². The molecule has 1 atom stereocenters. The maximum absolute atomic E-state index is 12.7. The van der Waals surface area contributed by atoms with Crippen molar-refractivity contribution >= 4 is 5.91 Å². The van der Waals surface area contributed by atoms with Crippen LogP contribution in [0.15, 0.2) is 41.6 Å². The Hall–Kier alpha value is -2.67. The van der Waals surface area contributed by atoms with Gasteiger partial charge < -0.3 is 19.9 Å². The number of aromatic nitrogens is 2. The van der Waals surface area contributed by atoms with Gasteiger partial charge in [0.2, 0.25) is 0 Å². The van der Waals surface area contributed by atoms with Crippen LogP contribution >= 0.6 is 0 Å². The maximum Gasteiger partial charge on any atom is 0.263 e. The molecule has 0 bridgehead atoms. The highest BCUT2D eigenvalue weighted by Crippen LogP contribution is 2.25. The Balaban J connectivity index is 1.90. The van der Waals surface area contributed by atoms with Crippen molar-refractivity contribution in [3.63, 3.8) is 0 Å². The number of aromatic amines is 1. The lowest BCUT2D eigenvalue weighted by Gasteiger charge is -2.36. The highest BCUT2D eigenvalue weighted by Gasteiger charge is 2.29. The van der Waals surface area contributed by atoms with Gasteiger partial charge in [-0.1, -0.05) is 12.1 Å². The number of hydrogen-bond donors (Lipinski definition) is 2. The molecule has 23 heavy (non-hydrogen) atoms. The number of carbonyl (C=O) groups excluding carboxylic acids is 1. The fourth-order valence-electron chi connectivity index (χ4n) is 2.72. The second kappa shape index (κ2) is 6.62. The van der Waals surface area contributed by atoms with E-state index in [1.807, 2.05) is 24.3 Å². The van der Waals surface area contributed by atoms with E-state index in [-0.39, 0.29) is 17.5 Å². The number of benzene rings is 1. The molecular weight excluding hydrogens is 296 g/mol. The van der Waals surface area contributed by atoms with Crippen LogP contribution in [0.25, 0.3) is 0 Å². The van der Waals surface area contributed by atoms with Crippen LogP contribution in [-0.4, -0.2) is 47.5 Å². The summed E-state index contributed by atoms with van der Waals surface area (Å²) in [5.74, 6) is 0.459. The molecule has 0 aliphatic carbocycles. The number of nitrogens with zero attached hydrogens (tertiary/aromatic N) is 2. The normalized spacial score (nSPS) is 17.8. The number of amides is 1. The monoisotopic (exact) mass is 314 g/mol. The number of methoxy groups -OCH3 is 1. The summed E-state index contributed by atoms with van der Waals surface area (Å²) in [7, 11) is 1.61. The molecule has 1 fully saturated rings. The van der Waals surface area contributed by atoms with E-state index in [9.17, 15) is 9.59 Å². The maximum atomic E-state index is 12.7. The SMILES string of the molecule is COc1ccc(C2CNCCN2C(=O)c2cnc[nH]c2=O)cc1. The summed E-state index contributed by atoms with van der Waals surface area (Å²) < 4.78 is 5.17. The molecule has 2 N–H and O–H groups in total. The molecule has 1 aliphatic rings. The van der Waals surface area contributed by atoms with Gasteiger partial charge in [0.25, 0.3) is 11.5 Å². The van der Waals surface area contributed by atoms with Crippen molar-refractivity contribution in [2.45, 2.75) is 6.04 Å². The van der Waals surface area contributed by atoms with E-state index in [1.165, 1.54) is 12.5 Å². The Kier molecular flexibility index (Phi) is 4.38. The first-order valence-electron chi connectivity index (χ1n) is 7.39. The summed E-state index contributed by atoms with van der Waals surface area (Å²) in [6, 6.07) is 7.46. The Bertz CT molecular complexity index is 741. The molecule has 120 valence electrons. The Morgan fingerprint density at radius 2 is 2.13 bits per heavy atom. The number of rotatable bonds is 3. The third-order valence-electron chi connectivity index (χ3n) is 3.95. The number of piperazine rings is 1. The van der Waals surface area contributed by atoms with Crippen molar-refractivity contribution in [1.82, 2.24) is 20.2 Å². The summed E-state index contributed by atoms with van der Waals surface area (Å²) >= 11 is 0. The average molecular weight is 314 g/mol. The lowest BCUT2D eigenvalue weighted by molar-refractivity contribution is 0.0632. The average Bonchev–Trinajstić information content (AvgIpc) is 2.62. The second-order valence-corrected chi connectivity index (χ2v) is 5.29. The highest BCUT2D eigenvalue weighted by atomic mass is 16.5. The molecule has 0 radical (unpaired) electrons. The third kappa shape index (κ3) is 3.09. The third-order valence-corrected chi connectivity index (χ3v) is 3.95. The summed E-state index contributed by atoms with van der Waals surface area (Å²) in [5.41, 5.74) is 0.636. The van der Waals surface area contributed by atoms with Crippen molar-refractivity contribution in [1.29, 1.82) is 0 Å². The minimum absolute atomic E-state index is 0.0629. The molecule has 2 aromatic rings. The first-order valence-corrected chi connectivity index (χ1v) is 7.39. The molecule has 7 heteroatoms. The van der Waals surface area contributed by atoms with Gasteiger partial charge in [-0.2, -0.15) is 0 Å². The van der Waals surface area contributed by atoms with Gasteiger partial charge in [-0.15, -0.1) is 0 Å². The van der Waals surface area contributed by atoms with Gasteiger partial charge in [0.1, 0.15) is 11.3 Å². The molecule has 1 amide bonds. The van der Waals surface area contributed by atoms with Crippen molar-refractivity contribution < 1.29 is 9.53 Å². The van der Waals surface area contributed by atoms with Crippen LogP contribution in [0.3, 0.4) is 0 Å². The van der Waals surface area contributed by atoms with E-state index in [0.29, 0.717) is 19.6 Å². The minimum atomic E-state index is -0.419. The van der Waals surface area contributed by atoms with Gasteiger partial charge >= 0.3 is 0 Å². The Labute approximate surface area is 133 Å². The van der Waals surface area contributed by atoms with Gasteiger partial charge in [0.05, 0.1) is 19.5 Å². The summed E-state index contributed by atoms with van der Waals surface area (Å²) in [5, 5.41) is 3.29. The smallest absolute Gasteiger partial charge is 0.263 e. The van der Waals surface area contributed by atoms with E-state index in [4.69, 9.17) is 4.74 Å². The van der Waals surface area contributed by atoms with Crippen LogP contribution in [0.2, 0.25) is 0 Å². The quantitative estimate of drug-likeness (QED) is 0.864. The van der Waals surface area contributed by atoms with E-state index in [0.717, 1.165) is 11.3 Å². The van der Waals surface area contributed by atoms with Crippen LogP contribution < -0.4 is 15.6 Å². The highest BCUT2D eigenvalue weighted by molar-refractivity contribution is 5.93. The number of hydrogen-bond acceptors (Lipinski definition) is 5. The molecule has 2 heterocycles. The minimum Gasteiger partial charge on any atom is -0.497 e. The molecule has 1 aliphatic heterocycles. The summed E-state index contributed by atoms with van der Waals surface area (Å²) in [4.78, 5) is 32.6. The molecule has 1 saturated heterocycles. The van der Waals surface area contributed by atoms with Gasteiger partial charge in [-0.3, -0.25) is 9.59 Å². The predicted octanol–water partition coefficient (Wildman–Crippen LogP) is 0.565. The lowest BCUT2D eigenvalue weighted by atomic mass is 10.0. The molecule has 7 nitrogen and oxygen atoms in total. The first-order chi connectivity index (χ1) is 11.2. The van der Waals surface area contributed by atoms with Crippen molar-refractivity contribution in [2.24, 2.45) is 0 Å². The topological polar surface area (TPSA) is 87.3 Å². The van der Waals surface area contributed by atoms with Crippen LogP contribution in [0.1, 0.15) is 22.0 Å². The van der Waals surface area contributed by atoms with Crippen LogP contribution in [0.4, 0.5) is 0 Å². The fraction of sp³-hybridized carbons (Fsp3) is 0.312. The van der Waals surface area contributed by atoms with E-state index < -0.39 is 5.56 Å². The van der Waals surface area contributed by atoms with Crippen LogP contribution in [0, 0.1) is 0 Å². The van der Waals surface area contributed by atoms with Crippen molar-refractivity contribution in [3.8, 4) is 5.75 Å². The molecule has 3 rings (SSSR count). The standard InChI is InChI=1S/C16H18N4O3/c1-23-12-4-2-11(3-5-12)14-9-17-6-7-20(14)16(22)13-8-18-10-19-15(13)21/h2-5,8,10,14,17H,6-7,9H2,1H3,(H,18,19,21). The summed E-state index contributed by atoms with van der Waals surface area (Å²) in [6.07, 6.45) is 2.59. The Morgan fingerprint density at radius 3 is 2.83 bits per heavy atom.